The number of nitrogens with zero attached hydrogens (tertiary/aromatic N) is 7. The highest BCUT2D eigenvalue weighted by Gasteiger charge is 2.35. The van der Waals surface area contributed by atoms with Crippen molar-refractivity contribution in [1.82, 2.24) is 30.0 Å². The zero-order valence-electron chi connectivity index (χ0n) is 18.5. The van der Waals surface area contributed by atoms with Crippen LogP contribution in [-0.4, -0.2) is 74.7 Å². The number of piperazine rings is 1. The lowest BCUT2D eigenvalue weighted by Gasteiger charge is -2.46. The SMILES string of the molecule is [C-]#[N+]c1ccc([C@H]2CN3CCN(C(=O)Cc4ccc(-n5cnnn5)cc4)C[C@@H]3CO2)cc1C. The lowest BCUT2D eigenvalue weighted by Crippen LogP contribution is -2.59. The summed E-state index contributed by atoms with van der Waals surface area (Å²) in [4.78, 5) is 20.9. The normalized spacial score (nSPS) is 20.8. The average molecular weight is 444 g/mol. The van der Waals surface area contributed by atoms with Gasteiger partial charge in [0, 0.05) is 26.2 Å². The summed E-state index contributed by atoms with van der Waals surface area (Å²) >= 11 is 0. The minimum atomic E-state index is 0.000636. The Morgan fingerprint density at radius 2 is 2.03 bits per heavy atom. The van der Waals surface area contributed by atoms with Crippen LogP contribution in [-0.2, 0) is 16.0 Å². The van der Waals surface area contributed by atoms with Gasteiger partial charge in [0.2, 0.25) is 5.91 Å². The van der Waals surface area contributed by atoms with Crippen LogP contribution in [0.25, 0.3) is 10.5 Å². The van der Waals surface area contributed by atoms with Gasteiger partial charge in [-0.1, -0.05) is 30.3 Å². The summed E-state index contributed by atoms with van der Waals surface area (Å²) in [6.45, 7) is 12.8. The van der Waals surface area contributed by atoms with Crippen LogP contribution in [0.3, 0.4) is 0 Å². The highest BCUT2D eigenvalue weighted by Crippen LogP contribution is 2.30. The number of tetrazole rings is 1. The summed E-state index contributed by atoms with van der Waals surface area (Å²) in [5.41, 5.74) is 4.61. The van der Waals surface area contributed by atoms with Crippen molar-refractivity contribution in [1.29, 1.82) is 0 Å². The van der Waals surface area contributed by atoms with Crippen molar-refractivity contribution < 1.29 is 9.53 Å². The molecule has 9 heteroatoms. The highest BCUT2D eigenvalue weighted by molar-refractivity contribution is 5.79. The van der Waals surface area contributed by atoms with E-state index in [-0.39, 0.29) is 18.1 Å². The van der Waals surface area contributed by atoms with E-state index in [0.29, 0.717) is 25.3 Å². The van der Waals surface area contributed by atoms with Crippen molar-refractivity contribution in [3.05, 3.63) is 76.9 Å². The van der Waals surface area contributed by atoms with E-state index in [1.54, 1.807) is 11.0 Å². The standard InChI is InChI=1S/C24H25N7O2/c1-17-11-19(5-8-22(17)25-2)23-14-29-9-10-30(13-21(29)15-33-23)24(32)12-18-3-6-20(7-4-18)31-16-26-27-28-31/h3-8,11,16,21,23H,9-10,12-15H2,1H3/t21-,23-/m1/s1. The van der Waals surface area contributed by atoms with E-state index in [1.807, 2.05) is 48.2 Å². The summed E-state index contributed by atoms with van der Waals surface area (Å²) in [7, 11) is 0. The number of aromatic nitrogens is 4. The van der Waals surface area contributed by atoms with Gasteiger partial charge in [-0.2, -0.15) is 0 Å². The van der Waals surface area contributed by atoms with Gasteiger partial charge in [-0.15, -0.1) is 5.10 Å². The Kier molecular flexibility index (Phi) is 5.86. The van der Waals surface area contributed by atoms with Crippen molar-refractivity contribution in [2.45, 2.75) is 25.5 Å². The third-order valence-electron chi connectivity index (χ3n) is 6.47. The maximum absolute atomic E-state index is 12.9. The van der Waals surface area contributed by atoms with Crippen molar-refractivity contribution in [3.8, 4) is 5.69 Å². The molecule has 2 saturated heterocycles. The number of rotatable bonds is 4. The molecule has 3 heterocycles. The molecule has 9 nitrogen and oxygen atoms in total. The Bertz CT molecular complexity index is 1170. The second-order valence-corrected chi connectivity index (χ2v) is 8.57. The van der Waals surface area contributed by atoms with Gasteiger partial charge in [0.1, 0.15) is 6.33 Å². The van der Waals surface area contributed by atoms with Gasteiger partial charge >= 0.3 is 0 Å². The van der Waals surface area contributed by atoms with E-state index >= 15 is 0 Å². The quantitative estimate of drug-likeness (QED) is 0.576. The number of hydrogen-bond acceptors (Lipinski definition) is 6. The molecule has 0 aliphatic carbocycles. The van der Waals surface area contributed by atoms with Gasteiger partial charge in [0.05, 0.1) is 37.4 Å². The summed E-state index contributed by atoms with van der Waals surface area (Å²) < 4.78 is 7.77. The molecule has 0 N–H and O–H groups in total. The molecule has 2 aromatic carbocycles. The topological polar surface area (TPSA) is 80.7 Å². The van der Waals surface area contributed by atoms with Crippen molar-refractivity contribution in [2.24, 2.45) is 0 Å². The number of carbonyl (C=O) groups is 1. The molecule has 33 heavy (non-hydrogen) atoms. The maximum Gasteiger partial charge on any atom is 0.227 e. The van der Waals surface area contributed by atoms with E-state index in [0.717, 1.165) is 42.0 Å². The first-order valence-electron chi connectivity index (χ1n) is 11.0. The summed E-state index contributed by atoms with van der Waals surface area (Å²) in [6, 6.07) is 13.9. The molecule has 2 aliphatic heterocycles. The first kappa shape index (κ1) is 21.2. The molecule has 2 fully saturated rings. The van der Waals surface area contributed by atoms with Crippen LogP contribution in [0.5, 0.6) is 0 Å². The van der Waals surface area contributed by atoms with Crippen LogP contribution in [0.1, 0.15) is 22.8 Å². The van der Waals surface area contributed by atoms with Crippen LogP contribution >= 0.6 is 0 Å². The van der Waals surface area contributed by atoms with E-state index in [2.05, 4.69) is 31.3 Å². The number of carbonyl (C=O) groups excluding carboxylic acids is 1. The summed E-state index contributed by atoms with van der Waals surface area (Å²) in [5, 5.41) is 11.2. The monoisotopic (exact) mass is 443 g/mol. The van der Waals surface area contributed by atoms with E-state index in [1.165, 1.54) is 0 Å². The largest absolute Gasteiger partial charge is 0.370 e. The lowest BCUT2D eigenvalue weighted by atomic mass is 10.0. The predicted molar refractivity (Wildman–Crippen MR) is 121 cm³/mol. The van der Waals surface area contributed by atoms with Crippen LogP contribution in [0.2, 0.25) is 0 Å². The maximum atomic E-state index is 12.9. The second-order valence-electron chi connectivity index (χ2n) is 8.57. The Labute approximate surface area is 192 Å². The number of amides is 1. The van der Waals surface area contributed by atoms with Gasteiger partial charge in [0.15, 0.2) is 5.69 Å². The van der Waals surface area contributed by atoms with Crippen LogP contribution in [0.15, 0.2) is 48.8 Å². The number of benzene rings is 2. The van der Waals surface area contributed by atoms with Crippen molar-refractivity contribution in [3.63, 3.8) is 0 Å². The average Bonchev–Trinajstić information content (AvgIpc) is 3.39. The molecule has 2 atom stereocenters. The molecule has 3 aromatic rings. The summed E-state index contributed by atoms with van der Waals surface area (Å²) in [6.07, 6.45) is 1.92. The molecule has 0 radical (unpaired) electrons. The Morgan fingerprint density at radius 3 is 2.76 bits per heavy atom. The molecular formula is C24H25N7O2. The number of fused-ring (bicyclic) bond motifs is 1. The first-order chi connectivity index (χ1) is 16.1. The molecule has 168 valence electrons. The highest BCUT2D eigenvalue weighted by atomic mass is 16.5. The lowest BCUT2D eigenvalue weighted by molar-refractivity contribution is -0.139. The van der Waals surface area contributed by atoms with E-state index in [4.69, 9.17) is 11.3 Å². The molecule has 1 amide bonds. The van der Waals surface area contributed by atoms with Crippen LogP contribution in [0, 0.1) is 13.5 Å². The number of morpholine rings is 1. The zero-order valence-corrected chi connectivity index (χ0v) is 18.5. The molecule has 0 unspecified atom stereocenters. The molecule has 0 bridgehead atoms. The van der Waals surface area contributed by atoms with Gasteiger partial charge in [-0.25, -0.2) is 9.53 Å². The minimum Gasteiger partial charge on any atom is -0.370 e. The smallest absolute Gasteiger partial charge is 0.227 e. The third-order valence-corrected chi connectivity index (χ3v) is 6.47. The number of ether oxygens (including phenoxy) is 1. The first-order valence-corrected chi connectivity index (χ1v) is 11.0. The van der Waals surface area contributed by atoms with Gasteiger partial charge in [-0.3, -0.25) is 9.69 Å². The van der Waals surface area contributed by atoms with E-state index in [9.17, 15) is 4.79 Å². The number of aryl methyl sites for hydroxylation is 1. The Morgan fingerprint density at radius 1 is 1.18 bits per heavy atom. The fourth-order valence-electron chi connectivity index (χ4n) is 4.55. The van der Waals surface area contributed by atoms with Gasteiger partial charge in [0.25, 0.3) is 0 Å². The third kappa shape index (κ3) is 4.49. The summed E-state index contributed by atoms with van der Waals surface area (Å²) in [5.74, 6) is 0.136. The minimum absolute atomic E-state index is 0.000636. The molecule has 5 rings (SSSR count). The second kappa shape index (κ2) is 9.10. The number of hydrogen-bond donors (Lipinski definition) is 0. The molecular weight excluding hydrogens is 418 g/mol. The molecule has 2 aliphatic rings. The predicted octanol–water partition coefficient (Wildman–Crippen LogP) is 2.35. The van der Waals surface area contributed by atoms with E-state index < -0.39 is 0 Å². The Hall–Kier alpha value is -3.61. The van der Waals surface area contributed by atoms with Crippen LogP contribution < -0.4 is 0 Å². The molecule has 0 spiro atoms. The fourth-order valence-corrected chi connectivity index (χ4v) is 4.55. The van der Waals surface area contributed by atoms with Crippen molar-refractivity contribution in [2.75, 3.05) is 32.8 Å². The van der Waals surface area contributed by atoms with Crippen LogP contribution in [0.4, 0.5) is 5.69 Å². The zero-order chi connectivity index (χ0) is 22.8. The van der Waals surface area contributed by atoms with Crippen molar-refractivity contribution >= 4 is 11.6 Å². The Balaban J connectivity index is 1.17. The van der Waals surface area contributed by atoms with Gasteiger partial charge < -0.3 is 9.64 Å². The fraction of sp³-hybridized carbons (Fsp3) is 0.375. The molecule has 0 saturated carbocycles. The molecule has 1 aromatic heterocycles. The van der Waals surface area contributed by atoms with Gasteiger partial charge in [-0.05, 0) is 46.2 Å².